The van der Waals surface area contributed by atoms with E-state index < -0.39 is 0 Å². The Labute approximate surface area is 155 Å². The fraction of sp³-hybridized carbons (Fsp3) is 0.778. The number of hydrogen-bond donors (Lipinski definition) is 0. The van der Waals surface area contributed by atoms with Gasteiger partial charge in [-0.1, -0.05) is 5.16 Å². The molecule has 146 valence electrons. The van der Waals surface area contributed by atoms with E-state index in [0.29, 0.717) is 18.3 Å². The van der Waals surface area contributed by atoms with Gasteiger partial charge in [0, 0.05) is 58.4 Å². The van der Waals surface area contributed by atoms with Crippen LogP contribution in [-0.2, 0) is 16.2 Å². The zero-order valence-electron chi connectivity index (χ0n) is 16.2. The third-order valence-electron chi connectivity index (χ3n) is 5.40. The number of amides is 1. The summed E-state index contributed by atoms with van der Waals surface area (Å²) in [5.74, 6) is 0.712. The van der Waals surface area contributed by atoms with Gasteiger partial charge >= 0.3 is 0 Å². The van der Waals surface area contributed by atoms with Crippen LogP contribution in [0.5, 0.6) is 0 Å². The molecule has 1 amide bonds. The van der Waals surface area contributed by atoms with Crippen LogP contribution in [0.3, 0.4) is 0 Å². The number of aromatic nitrogens is 1. The summed E-state index contributed by atoms with van der Waals surface area (Å²) in [5, 5.41) is 5.18. The van der Waals surface area contributed by atoms with Crippen molar-refractivity contribution < 1.29 is 14.2 Å². The average molecular weight is 365 g/mol. The molecule has 0 bridgehead atoms. The fourth-order valence-electron chi connectivity index (χ4n) is 3.64. The molecular weight excluding hydrogens is 334 g/mol. The van der Waals surface area contributed by atoms with Crippen molar-refractivity contribution in [2.45, 2.75) is 32.4 Å². The molecule has 2 aliphatic rings. The lowest BCUT2D eigenvalue weighted by Gasteiger charge is -2.42. The van der Waals surface area contributed by atoms with Crippen molar-refractivity contribution in [3.05, 3.63) is 17.5 Å². The summed E-state index contributed by atoms with van der Waals surface area (Å²) in [5.41, 5.74) is 0.690. The highest BCUT2D eigenvalue weighted by molar-refractivity contribution is 5.76. The number of hydrogen-bond acceptors (Lipinski definition) is 7. The molecule has 0 atom stereocenters. The zero-order valence-corrected chi connectivity index (χ0v) is 16.2. The minimum Gasteiger partial charge on any atom is -0.361 e. The lowest BCUT2D eigenvalue weighted by atomic mass is 10.0. The van der Waals surface area contributed by atoms with Crippen LogP contribution in [-0.4, -0.2) is 96.8 Å². The molecule has 0 spiro atoms. The van der Waals surface area contributed by atoms with E-state index in [1.165, 1.54) is 5.06 Å². The monoisotopic (exact) mass is 365 g/mol. The van der Waals surface area contributed by atoms with Crippen molar-refractivity contribution in [2.75, 3.05) is 59.9 Å². The van der Waals surface area contributed by atoms with E-state index in [1.54, 1.807) is 13.1 Å². The Morgan fingerprint density at radius 1 is 1.27 bits per heavy atom. The molecule has 0 aromatic carbocycles. The number of hydroxylamine groups is 2. The second-order valence-corrected chi connectivity index (χ2v) is 7.44. The van der Waals surface area contributed by atoms with Gasteiger partial charge in [0.15, 0.2) is 0 Å². The summed E-state index contributed by atoms with van der Waals surface area (Å²) < 4.78 is 5.00. The number of carbonyl (C=O) groups excluding carboxylic acids is 1. The number of carbonyl (C=O) groups is 1. The van der Waals surface area contributed by atoms with Crippen molar-refractivity contribution in [1.29, 1.82) is 0 Å². The van der Waals surface area contributed by atoms with Gasteiger partial charge in [-0.15, -0.1) is 0 Å². The lowest BCUT2D eigenvalue weighted by molar-refractivity contribution is -0.184. The number of nitrogens with zero attached hydrogens (tertiary/aromatic N) is 5. The first-order valence-electron chi connectivity index (χ1n) is 9.48. The molecule has 2 aliphatic heterocycles. The molecular formula is C18H31N5O3. The summed E-state index contributed by atoms with van der Waals surface area (Å²) in [4.78, 5) is 25.1. The van der Waals surface area contributed by atoms with Crippen LogP contribution in [0.25, 0.3) is 0 Å². The highest BCUT2D eigenvalue weighted by Crippen LogP contribution is 2.18. The molecule has 2 fully saturated rings. The van der Waals surface area contributed by atoms with Gasteiger partial charge in [-0.2, -0.15) is 0 Å². The van der Waals surface area contributed by atoms with Gasteiger partial charge in [0.1, 0.15) is 18.1 Å². The molecule has 3 rings (SSSR count). The van der Waals surface area contributed by atoms with Crippen LogP contribution in [0.15, 0.2) is 10.6 Å². The van der Waals surface area contributed by atoms with Crippen molar-refractivity contribution in [2.24, 2.45) is 0 Å². The number of likely N-dealkylation sites (N-methyl/N-ethyl adjacent to an activating group) is 2. The lowest BCUT2D eigenvalue weighted by Crippen LogP contribution is -2.53. The van der Waals surface area contributed by atoms with Crippen LogP contribution < -0.4 is 0 Å². The Hall–Kier alpha value is -1.48. The standard InChI is InChI=1S/C18H31N5O3/c1-15-12-16(19-26-15)14-25-21(3)18(24)13-22-6-4-17(5-7-22)23-10-8-20(2)9-11-23/h12,17H,4-11,13-14H2,1-3H3. The first-order chi connectivity index (χ1) is 12.5. The van der Waals surface area contributed by atoms with Crippen LogP contribution in [0.1, 0.15) is 24.3 Å². The zero-order chi connectivity index (χ0) is 18.5. The maximum Gasteiger partial charge on any atom is 0.260 e. The second kappa shape index (κ2) is 8.94. The minimum atomic E-state index is -0.0248. The second-order valence-electron chi connectivity index (χ2n) is 7.44. The molecule has 8 nitrogen and oxygen atoms in total. The molecule has 1 aromatic rings. The van der Waals surface area contributed by atoms with Gasteiger partial charge in [0.05, 0.1) is 6.54 Å². The van der Waals surface area contributed by atoms with E-state index in [-0.39, 0.29) is 12.5 Å². The van der Waals surface area contributed by atoms with E-state index in [1.807, 2.05) is 6.92 Å². The summed E-state index contributed by atoms with van der Waals surface area (Å²) in [7, 11) is 3.85. The maximum absolute atomic E-state index is 12.4. The van der Waals surface area contributed by atoms with E-state index in [2.05, 4.69) is 26.9 Å². The first kappa shape index (κ1) is 19.3. The van der Waals surface area contributed by atoms with Crippen LogP contribution in [0, 0.1) is 6.92 Å². The van der Waals surface area contributed by atoms with Gasteiger partial charge in [-0.05, 0) is 26.8 Å². The van der Waals surface area contributed by atoms with E-state index in [9.17, 15) is 4.79 Å². The largest absolute Gasteiger partial charge is 0.361 e. The van der Waals surface area contributed by atoms with Gasteiger partial charge < -0.3 is 9.42 Å². The molecule has 0 N–H and O–H groups in total. The van der Waals surface area contributed by atoms with Crippen molar-refractivity contribution in [1.82, 2.24) is 24.9 Å². The predicted molar refractivity (Wildman–Crippen MR) is 97.3 cm³/mol. The molecule has 3 heterocycles. The topological polar surface area (TPSA) is 65.3 Å². The molecule has 0 unspecified atom stereocenters. The van der Waals surface area contributed by atoms with Crippen LogP contribution in [0.2, 0.25) is 0 Å². The third-order valence-corrected chi connectivity index (χ3v) is 5.40. The van der Waals surface area contributed by atoms with Gasteiger partial charge in [0.25, 0.3) is 5.91 Å². The van der Waals surface area contributed by atoms with Crippen LogP contribution >= 0.6 is 0 Å². The molecule has 0 radical (unpaired) electrons. The maximum atomic E-state index is 12.4. The summed E-state index contributed by atoms with van der Waals surface area (Å²) >= 11 is 0. The number of aryl methyl sites for hydroxylation is 1. The summed E-state index contributed by atoms with van der Waals surface area (Å²) in [6, 6.07) is 2.47. The van der Waals surface area contributed by atoms with Crippen LogP contribution in [0.4, 0.5) is 0 Å². The molecule has 8 heteroatoms. The number of rotatable bonds is 6. The van der Waals surface area contributed by atoms with Gasteiger partial charge in [-0.25, -0.2) is 5.06 Å². The Morgan fingerprint density at radius 2 is 1.96 bits per heavy atom. The van der Waals surface area contributed by atoms with E-state index in [0.717, 1.165) is 57.9 Å². The van der Waals surface area contributed by atoms with Gasteiger partial charge in [0.2, 0.25) is 0 Å². The predicted octanol–water partition coefficient (Wildman–Crippen LogP) is 0.585. The summed E-state index contributed by atoms with van der Waals surface area (Å²) in [6.45, 7) is 9.07. The SMILES string of the molecule is Cc1cc(CON(C)C(=O)CN2CCC(N3CCN(C)CC3)CC2)no1. The molecule has 1 aromatic heterocycles. The number of piperazine rings is 1. The van der Waals surface area contributed by atoms with Gasteiger partial charge in [-0.3, -0.25) is 19.4 Å². The minimum absolute atomic E-state index is 0.0248. The average Bonchev–Trinajstić information content (AvgIpc) is 3.06. The summed E-state index contributed by atoms with van der Waals surface area (Å²) in [6.07, 6.45) is 2.28. The third kappa shape index (κ3) is 5.26. The molecule has 0 aliphatic carbocycles. The Morgan fingerprint density at radius 3 is 2.58 bits per heavy atom. The molecule has 0 saturated carbocycles. The normalized spacial score (nSPS) is 21.2. The first-order valence-corrected chi connectivity index (χ1v) is 9.48. The van der Waals surface area contributed by atoms with Crippen molar-refractivity contribution in [3.63, 3.8) is 0 Å². The van der Waals surface area contributed by atoms with Crippen molar-refractivity contribution >= 4 is 5.91 Å². The van der Waals surface area contributed by atoms with E-state index in [4.69, 9.17) is 9.36 Å². The Balaban J connectivity index is 1.36. The molecule has 2 saturated heterocycles. The quantitative estimate of drug-likeness (QED) is 0.684. The fourth-order valence-corrected chi connectivity index (χ4v) is 3.64. The van der Waals surface area contributed by atoms with E-state index >= 15 is 0 Å². The van der Waals surface area contributed by atoms with Crippen molar-refractivity contribution in [3.8, 4) is 0 Å². The Bertz CT molecular complexity index is 577. The smallest absolute Gasteiger partial charge is 0.260 e. The highest BCUT2D eigenvalue weighted by atomic mass is 16.7. The Kier molecular flexibility index (Phi) is 6.63. The number of piperidine rings is 1. The highest BCUT2D eigenvalue weighted by Gasteiger charge is 2.27. The molecule has 26 heavy (non-hydrogen) atoms. The number of likely N-dealkylation sites (tertiary alicyclic amines) is 1.